The van der Waals surface area contributed by atoms with Gasteiger partial charge in [0.05, 0.1) is 20.3 Å². The standard InChI is InChI=1S/C23H30N2O4/c1-27-19-12-10-18(11-13-19)20(25-14-6-3-7-15-25)16-24-23(26)17-29-22-9-5-4-8-21(22)28-2/h4-5,8-13,20H,3,6-7,14-17H2,1-2H3,(H,24,26)/t20-/m0/s1. The van der Waals surface area contributed by atoms with Gasteiger partial charge in [0.25, 0.3) is 5.91 Å². The Morgan fingerprint density at radius 1 is 0.966 bits per heavy atom. The summed E-state index contributed by atoms with van der Waals surface area (Å²) in [6.07, 6.45) is 3.65. The van der Waals surface area contributed by atoms with Gasteiger partial charge >= 0.3 is 0 Å². The maximum absolute atomic E-state index is 12.4. The minimum Gasteiger partial charge on any atom is -0.497 e. The molecule has 0 aliphatic carbocycles. The Morgan fingerprint density at radius 2 is 1.66 bits per heavy atom. The molecule has 156 valence electrons. The Labute approximate surface area is 172 Å². The fraction of sp³-hybridized carbons (Fsp3) is 0.435. The van der Waals surface area contributed by atoms with Gasteiger partial charge in [0.15, 0.2) is 18.1 Å². The molecular formula is C23H30N2O4. The number of carbonyl (C=O) groups excluding carboxylic acids is 1. The second-order valence-corrected chi connectivity index (χ2v) is 7.13. The lowest BCUT2D eigenvalue weighted by Crippen LogP contribution is -2.41. The van der Waals surface area contributed by atoms with E-state index in [2.05, 4.69) is 22.3 Å². The molecule has 0 bridgehead atoms. The summed E-state index contributed by atoms with van der Waals surface area (Å²) in [6, 6.07) is 15.6. The maximum atomic E-state index is 12.4. The zero-order valence-electron chi connectivity index (χ0n) is 17.2. The highest BCUT2D eigenvalue weighted by Gasteiger charge is 2.23. The Bertz CT molecular complexity index is 773. The number of piperidine rings is 1. The fourth-order valence-corrected chi connectivity index (χ4v) is 3.66. The molecule has 1 atom stereocenters. The molecule has 1 fully saturated rings. The molecule has 0 unspecified atom stereocenters. The van der Waals surface area contributed by atoms with Crippen LogP contribution in [0.4, 0.5) is 0 Å². The minimum atomic E-state index is -0.147. The zero-order valence-corrected chi connectivity index (χ0v) is 17.2. The van der Waals surface area contributed by atoms with Gasteiger partial charge in [0.2, 0.25) is 0 Å². The molecule has 1 aliphatic heterocycles. The number of methoxy groups -OCH3 is 2. The summed E-state index contributed by atoms with van der Waals surface area (Å²) in [4.78, 5) is 14.9. The quantitative estimate of drug-likeness (QED) is 0.701. The number of rotatable bonds is 9. The fourth-order valence-electron chi connectivity index (χ4n) is 3.66. The normalized spacial score (nSPS) is 15.4. The molecule has 0 saturated carbocycles. The molecule has 1 amide bonds. The van der Waals surface area contributed by atoms with Crippen LogP contribution in [0.15, 0.2) is 48.5 Å². The first-order chi connectivity index (χ1) is 14.2. The van der Waals surface area contributed by atoms with E-state index in [4.69, 9.17) is 14.2 Å². The second kappa shape index (κ2) is 10.7. The van der Waals surface area contributed by atoms with Gasteiger partial charge in [-0.05, 0) is 55.8 Å². The van der Waals surface area contributed by atoms with Crippen molar-refractivity contribution < 1.29 is 19.0 Å². The van der Waals surface area contributed by atoms with Gasteiger partial charge in [0, 0.05) is 6.54 Å². The van der Waals surface area contributed by atoms with E-state index in [1.165, 1.54) is 24.8 Å². The zero-order chi connectivity index (χ0) is 20.5. The Morgan fingerprint density at radius 3 is 2.31 bits per heavy atom. The van der Waals surface area contributed by atoms with E-state index in [1.54, 1.807) is 20.3 Å². The van der Waals surface area contributed by atoms with E-state index >= 15 is 0 Å². The molecule has 0 radical (unpaired) electrons. The van der Waals surface area contributed by atoms with Gasteiger partial charge in [-0.3, -0.25) is 9.69 Å². The molecule has 2 aromatic carbocycles. The Kier molecular flexibility index (Phi) is 7.76. The van der Waals surface area contributed by atoms with E-state index in [-0.39, 0.29) is 18.6 Å². The van der Waals surface area contributed by atoms with Crippen molar-refractivity contribution in [3.8, 4) is 17.2 Å². The topological polar surface area (TPSA) is 60.0 Å². The van der Waals surface area contributed by atoms with Crippen molar-refractivity contribution in [2.75, 3.05) is 40.5 Å². The number of nitrogens with one attached hydrogen (secondary N) is 1. The predicted octanol–water partition coefficient (Wildman–Crippen LogP) is 3.43. The SMILES string of the molecule is COc1ccc([C@H](CNC(=O)COc2ccccc2OC)N2CCCCC2)cc1. The molecule has 1 saturated heterocycles. The molecule has 0 aromatic heterocycles. The number of amides is 1. The molecule has 6 heteroatoms. The number of nitrogens with zero attached hydrogens (tertiary/aromatic N) is 1. The van der Waals surface area contributed by atoms with Crippen molar-refractivity contribution in [3.63, 3.8) is 0 Å². The lowest BCUT2D eigenvalue weighted by molar-refractivity contribution is -0.123. The first-order valence-electron chi connectivity index (χ1n) is 10.1. The van der Waals surface area contributed by atoms with Crippen LogP contribution in [0.25, 0.3) is 0 Å². The first kappa shape index (κ1) is 21.0. The number of carbonyl (C=O) groups is 1. The van der Waals surface area contributed by atoms with E-state index in [9.17, 15) is 4.79 Å². The van der Waals surface area contributed by atoms with Crippen molar-refractivity contribution >= 4 is 5.91 Å². The largest absolute Gasteiger partial charge is 0.497 e. The smallest absolute Gasteiger partial charge is 0.258 e. The van der Waals surface area contributed by atoms with E-state index < -0.39 is 0 Å². The van der Waals surface area contributed by atoms with Gasteiger partial charge in [-0.1, -0.05) is 30.7 Å². The highest BCUT2D eigenvalue weighted by Crippen LogP contribution is 2.27. The van der Waals surface area contributed by atoms with Crippen LogP contribution in [0, 0.1) is 0 Å². The summed E-state index contributed by atoms with van der Waals surface area (Å²) >= 11 is 0. The van der Waals surface area contributed by atoms with Gasteiger partial charge in [-0.25, -0.2) is 0 Å². The molecule has 3 rings (SSSR count). The van der Waals surface area contributed by atoms with Crippen LogP contribution in [-0.4, -0.2) is 51.3 Å². The van der Waals surface area contributed by atoms with Gasteiger partial charge in [-0.15, -0.1) is 0 Å². The summed E-state index contributed by atoms with van der Waals surface area (Å²) in [7, 11) is 3.25. The summed E-state index contributed by atoms with van der Waals surface area (Å²) in [5, 5.41) is 3.04. The van der Waals surface area contributed by atoms with E-state index in [0.29, 0.717) is 18.0 Å². The van der Waals surface area contributed by atoms with Gasteiger partial charge < -0.3 is 19.5 Å². The van der Waals surface area contributed by atoms with Crippen LogP contribution >= 0.6 is 0 Å². The molecule has 29 heavy (non-hydrogen) atoms. The van der Waals surface area contributed by atoms with Crippen molar-refractivity contribution in [1.29, 1.82) is 0 Å². The number of benzene rings is 2. The number of ether oxygens (including phenoxy) is 3. The third-order valence-corrected chi connectivity index (χ3v) is 5.25. The monoisotopic (exact) mass is 398 g/mol. The number of hydrogen-bond donors (Lipinski definition) is 1. The second-order valence-electron chi connectivity index (χ2n) is 7.13. The Hall–Kier alpha value is -2.73. The van der Waals surface area contributed by atoms with Crippen molar-refractivity contribution in [2.45, 2.75) is 25.3 Å². The number of hydrogen-bond acceptors (Lipinski definition) is 5. The van der Waals surface area contributed by atoms with Gasteiger partial charge in [-0.2, -0.15) is 0 Å². The molecule has 0 spiro atoms. The summed E-state index contributed by atoms with van der Waals surface area (Å²) in [6.45, 7) is 2.59. The van der Waals surface area contributed by atoms with Crippen molar-refractivity contribution in [3.05, 3.63) is 54.1 Å². The van der Waals surface area contributed by atoms with Crippen LogP contribution in [0.2, 0.25) is 0 Å². The van der Waals surface area contributed by atoms with Crippen molar-refractivity contribution in [2.24, 2.45) is 0 Å². The molecule has 6 nitrogen and oxygen atoms in total. The maximum Gasteiger partial charge on any atom is 0.258 e. The average molecular weight is 399 g/mol. The summed E-state index contributed by atoms with van der Waals surface area (Å²) in [5.74, 6) is 1.87. The van der Waals surface area contributed by atoms with Crippen LogP contribution < -0.4 is 19.5 Å². The summed E-state index contributed by atoms with van der Waals surface area (Å²) in [5.41, 5.74) is 1.18. The highest BCUT2D eigenvalue weighted by atomic mass is 16.5. The predicted molar refractivity (Wildman–Crippen MR) is 113 cm³/mol. The molecule has 2 aromatic rings. The third kappa shape index (κ3) is 5.87. The highest BCUT2D eigenvalue weighted by molar-refractivity contribution is 5.77. The number of likely N-dealkylation sites (tertiary alicyclic amines) is 1. The van der Waals surface area contributed by atoms with Crippen molar-refractivity contribution in [1.82, 2.24) is 10.2 Å². The summed E-state index contributed by atoms with van der Waals surface area (Å²) < 4.78 is 16.2. The average Bonchev–Trinajstić information content (AvgIpc) is 2.79. The van der Waals surface area contributed by atoms with E-state index in [1.807, 2.05) is 30.3 Å². The first-order valence-corrected chi connectivity index (χ1v) is 10.1. The van der Waals surface area contributed by atoms with Crippen LogP contribution in [0.1, 0.15) is 30.9 Å². The minimum absolute atomic E-state index is 0.0459. The lowest BCUT2D eigenvalue weighted by atomic mass is 10.0. The molecule has 1 N–H and O–H groups in total. The van der Waals surface area contributed by atoms with Crippen LogP contribution in [0.3, 0.4) is 0 Å². The molecule has 1 aliphatic rings. The van der Waals surface area contributed by atoms with Crippen LogP contribution in [0.5, 0.6) is 17.2 Å². The van der Waals surface area contributed by atoms with Gasteiger partial charge in [0.1, 0.15) is 5.75 Å². The lowest BCUT2D eigenvalue weighted by Gasteiger charge is -2.35. The molecule has 1 heterocycles. The van der Waals surface area contributed by atoms with E-state index in [0.717, 1.165) is 18.8 Å². The van der Waals surface area contributed by atoms with Crippen LogP contribution in [-0.2, 0) is 4.79 Å². The molecular weight excluding hydrogens is 368 g/mol. The third-order valence-electron chi connectivity index (χ3n) is 5.25. The Balaban J connectivity index is 1.60. The number of para-hydroxylation sites is 2.